The molecule has 26 heteroatoms. The largest absolute Gasteiger partial charge is 0.459 e. The Labute approximate surface area is 538 Å². The molecule has 5 aliphatic carbocycles. The van der Waals surface area contributed by atoms with Gasteiger partial charge >= 0.3 is 17.9 Å². The summed E-state index contributed by atoms with van der Waals surface area (Å²) < 4.78 is 68.8. The molecule has 3 unspecified atom stereocenters. The minimum absolute atomic E-state index is 0.00200. The lowest BCUT2D eigenvalue weighted by Gasteiger charge is -2.72. The van der Waals surface area contributed by atoms with E-state index < -0.39 is 223 Å². The molecule has 4 saturated heterocycles. The first kappa shape index (κ1) is 73.1. The lowest BCUT2D eigenvalue weighted by atomic mass is 9.33. The molecule has 0 aromatic carbocycles. The minimum Gasteiger partial charge on any atom is -0.459 e. The summed E-state index contributed by atoms with van der Waals surface area (Å²) >= 11 is 0. The van der Waals surface area contributed by atoms with Crippen LogP contribution >= 0.6 is 0 Å². The van der Waals surface area contributed by atoms with Crippen LogP contribution in [-0.4, -0.2) is 246 Å². The maximum absolute atomic E-state index is 13.5. The number of carbonyl (C=O) groups excluding carboxylic acids is 3. The van der Waals surface area contributed by atoms with Gasteiger partial charge in [0, 0.05) is 18.1 Å². The van der Waals surface area contributed by atoms with Gasteiger partial charge in [0.05, 0.1) is 49.7 Å². The van der Waals surface area contributed by atoms with E-state index in [9.17, 15) is 75.7 Å². The molecule has 0 aromatic heterocycles. The Balaban J connectivity index is 1.01. The number of allylic oxidation sites excluding steroid dienone is 4. The summed E-state index contributed by atoms with van der Waals surface area (Å²) in [7, 11) is 0. The molecule has 9 aliphatic rings. The number of esters is 3. The SMILES string of the molecule is C/C=C(/C)C(=O)O[C@@H]1[C@@H](O)[C@H](O[C@H]2[C@H](OC(C)=O)[C@@]3(CO)C(CC2(C)C)C2=CCC4[C@@]5(C)CC[C@H](O[C@@H]6O[C@H](CO)[C@@H](O)[C@H](O[C@@H]7O[C@@H](C)[C@H](O)[C@@H](O)[C@H]7O)[C@H]6O[C@@H]6O[C@H](CO)[C@H](O)[C@H](O)[C@H]6O)C(C)(C)C5CC[C@@]4(C)[C@]2(C)C[C@H]3O)O[C@H](C)[C@@H]1OC(=O)/C(C)=C\C. The van der Waals surface area contributed by atoms with Crippen LogP contribution in [0.1, 0.15) is 142 Å². The topological polar surface area (TPSA) is 396 Å². The number of hydrogen-bond acceptors (Lipinski definition) is 26. The first-order valence-electron chi connectivity index (χ1n) is 32.7. The van der Waals surface area contributed by atoms with Crippen LogP contribution in [0.3, 0.4) is 0 Å². The lowest BCUT2D eigenvalue weighted by Crippen LogP contribution is -2.73. The number of fused-ring (bicyclic) bond motifs is 7. The van der Waals surface area contributed by atoms with Gasteiger partial charge < -0.3 is 113 Å². The van der Waals surface area contributed by atoms with Crippen molar-refractivity contribution < 1.29 is 128 Å². The van der Waals surface area contributed by atoms with Gasteiger partial charge in [-0.2, -0.15) is 0 Å². The van der Waals surface area contributed by atoms with E-state index in [-0.39, 0.29) is 29.4 Å². The second kappa shape index (κ2) is 27.3. The van der Waals surface area contributed by atoms with Gasteiger partial charge in [-0.05, 0) is 131 Å². The summed E-state index contributed by atoms with van der Waals surface area (Å²) in [5.41, 5.74) is -3.24. The van der Waals surface area contributed by atoms with Gasteiger partial charge in [0.1, 0.15) is 85.5 Å². The standard InChI is InChI=1S/C66H104O26/c1-15-28(3)55(80)88-49-31(6)83-59(48(79)51(49)89-56(81)29(4)16-2)92-53-54(84-32(7)70)66(27-69)34(23-61(53,8)9)33-17-18-38-63(12)21-20-40(62(10,11)37(63)19-22-64(38,13)65(33,14)24-39(66)71)87-60-52(91-58-47(78)45(76)42(73)35(25-67)85-58)50(43(74)36(26-68)86-60)90-57-46(77)44(75)41(72)30(5)82-57/h15-17,30-31,34-54,57-60,67-69,71-79H,18-27H2,1-14H3/b28-15-,29-16-/t30-,31+,34?,35+,36+,37?,38?,39+,40-,41-,42-,43+,44+,45-,46+,47+,48+,49-,50-,51+,52+,53-,54-,57-,58-,59-,60-,63-,64+,65+,66-/m0/s1. The van der Waals surface area contributed by atoms with Crippen molar-refractivity contribution in [1.29, 1.82) is 0 Å². The fourth-order valence-corrected chi connectivity index (χ4v) is 18.1. The smallest absolute Gasteiger partial charge is 0.333 e. The summed E-state index contributed by atoms with van der Waals surface area (Å²) in [4.78, 5) is 40.1. The molecule has 0 amide bonds. The first-order chi connectivity index (χ1) is 43.0. The van der Waals surface area contributed by atoms with E-state index in [1.165, 1.54) is 26.8 Å². The summed E-state index contributed by atoms with van der Waals surface area (Å²) in [6, 6.07) is 0. The molecule has 26 nitrogen and oxygen atoms in total. The molecule has 0 aromatic rings. The molecular formula is C66H104O26. The Morgan fingerprint density at radius 1 is 0.554 bits per heavy atom. The normalized spacial score (nSPS) is 49.4. The minimum atomic E-state index is -1.94. The molecule has 31 atom stereocenters. The Hall–Kier alpha value is -3.17. The molecule has 92 heavy (non-hydrogen) atoms. The van der Waals surface area contributed by atoms with Crippen LogP contribution in [-0.2, 0) is 66.5 Å². The van der Waals surface area contributed by atoms with E-state index in [1.807, 2.05) is 13.8 Å². The molecular weight excluding hydrogens is 1210 g/mol. The van der Waals surface area contributed by atoms with Crippen molar-refractivity contribution >= 4 is 17.9 Å². The summed E-state index contributed by atoms with van der Waals surface area (Å²) in [5.74, 6) is -2.82. The van der Waals surface area contributed by atoms with Crippen molar-refractivity contribution in [2.75, 3.05) is 19.8 Å². The number of aliphatic hydroxyl groups is 12. The average Bonchev–Trinajstić information content (AvgIpc) is 0.670. The van der Waals surface area contributed by atoms with Crippen LogP contribution in [0.4, 0.5) is 0 Å². The van der Waals surface area contributed by atoms with E-state index in [1.54, 1.807) is 33.8 Å². The molecule has 12 N–H and O–H groups in total. The van der Waals surface area contributed by atoms with Crippen molar-refractivity contribution in [1.82, 2.24) is 0 Å². The molecule has 0 radical (unpaired) electrons. The number of hydrogen-bond donors (Lipinski definition) is 12. The second-order valence-corrected chi connectivity index (χ2v) is 29.8. The zero-order valence-electron chi connectivity index (χ0n) is 55.5. The Morgan fingerprint density at radius 3 is 1.68 bits per heavy atom. The number of aliphatic hydroxyl groups excluding tert-OH is 12. The zero-order chi connectivity index (χ0) is 68.0. The van der Waals surface area contributed by atoms with Crippen LogP contribution in [0.25, 0.3) is 0 Å². The Kier molecular flexibility index (Phi) is 21.7. The Morgan fingerprint density at radius 2 is 1.10 bits per heavy atom. The van der Waals surface area contributed by atoms with Crippen LogP contribution in [0.5, 0.6) is 0 Å². The average molecular weight is 1310 g/mol. The predicted octanol–water partition coefficient (Wildman–Crippen LogP) is 1.01. The quantitative estimate of drug-likeness (QED) is 0.0337. The van der Waals surface area contributed by atoms with Crippen LogP contribution in [0.15, 0.2) is 34.9 Å². The molecule has 9 rings (SSSR count). The Bertz CT molecular complexity index is 2740. The van der Waals surface area contributed by atoms with Crippen molar-refractivity contribution in [3.63, 3.8) is 0 Å². The van der Waals surface area contributed by atoms with Gasteiger partial charge in [-0.25, -0.2) is 9.59 Å². The molecule has 8 fully saturated rings. The van der Waals surface area contributed by atoms with Gasteiger partial charge in [0.25, 0.3) is 0 Å². The lowest BCUT2D eigenvalue weighted by molar-refractivity contribution is -0.398. The molecule has 4 saturated carbocycles. The molecule has 0 bridgehead atoms. The van der Waals surface area contributed by atoms with Crippen molar-refractivity contribution in [2.24, 2.45) is 50.2 Å². The van der Waals surface area contributed by atoms with Crippen LogP contribution in [0.2, 0.25) is 0 Å². The fraction of sp³-hybridized carbons (Fsp3) is 0.864. The maximum Gasteiger partial charge on any atom is 0.333 e. The highest BCUT2D eigenvalue weighted by molar-refractivity contribution is 5.88. The van der Waals surface area contributed by atoms with Crippen LogP contribution < -0.4 is 0 Å². The third-order valence-corrected chi connectivity index (χ3v) is 23.9. The number of rotatable bonds is 16. The number of carbonyl (C=O) groups is 3. The monoisotopic (exact) mass is 1310 g/mol. The van der Waals surface area contributed by atoms with E-state index in [2.05, 4.69) is 40.7 Å². The first-order valence-corrected chi connectivity index (χ1v) is 32.7. The predicted molar refractivity (Wildman–Crippen MR) is 320 cm³/mol. The van der Waals surface area contributed by atoms with Gasteiger partial charge in [-0.15, -0.1) is 0 Å². The molecule has 4 heterocycles. The number of ether oxygens (including phenoxy) is 11. The fourth-order valence-electron chi connectivity index (χ4n) is 18.1. The van der Waals surface area contributed by atoms with Crippen molar-refractivity contribution in [2.45, 2.75) is 289 Å². The molecule has 0 spiro atoms. The van der Waals surface area contributed by atoms with E-state index in [0.29, 0.717) is 38.5 Å². The highest BCUT2D eigenvalue weighted by atomic mass is 16.8. The van der Waals surface area contributed by atoms with Crippen molar-refractivity contribution in [3.8, 4) is 0 Å². The second-order valence-electron chi connectivity index (χ2n) is 29.8. The van der Waals surface area contributed by atoms with Crippen molar-refractivity contribution in [3.05, 3.63) is 34.9 Å². The zero-order valence-corrected chi connectivity index (χ0v) is 55.5. The van der Waals surface area contributed by atoms with E-state index in [4.69, 9.17) is 52.1 Å². The summed E-state index contributed by atoms with van der Waals surface area (Å²) in [6.45, 7) is 23.3. The van der Waals surface area contributed by atoms with Crippen LogP contribution in [0, 0.1) is 50.2 Å². The summed E-state index contributed by atoms with van der Waals surface area (Å²) in [5, 5.41) is 135. The van der Waals surface area contributed by atoms with Gasteiger partial charge in [0.15, 0.2) is 37.4 Å². The van der Waals surface area contributed by atoms with Gasteiger partial charge in [0.2, 0.25) is 0 Å². The third-order valence-electron chi connectivity index (χ3n) is 23.9. The van der Waals surface area contributed by atoms with E-state index >= 15 is 0 Å². The molecule has 4 aliphatic heterocycles. The van der Waals surface area contributed by atoms with Gasteiger partial charge in [-0.3, -0.25) is 4.79 Å². The third kappa shape index (κ3) is 12.3. The molecule has 524 valence electrons. The van der Waals surface area contributed by atoms with E-state index in [0.717, 1.165) is 5.57 Å². The highest BCUT2D eigenvalue weighted by Gasteiger charge is 2.74. The van der Waals surface area contributed by atoms with Gasteiger partial charge in [-0.1, -0.05) is 72.3 Å². The maximum atomic E-state index is 13.5. The summed E-state index contributed by atoms with van der Waals surface area (Å²) in [6.07, 6.45) is -27.5. The highest BCUT2D eigenvalue weighted by Crippen LogP contribution is 2.76.